The summed E-state index contributed by atoms with van der Waals surface area (Å²) in [5.41, 5.74) is 1.91. The van der Waals surface area contributed by atoms with Gasteiger partial charge in [-0.25, -0.2) is 9.67 Å². The van der Waals surface area contributed by atoms with Crippen LogP contribution in [0.15, 0.2) is 39.9 Å². The van der Waals surface area contributed by atoms with E-state index in [9.17, 15) is 4.79 Å². The number of nitrogens with zero attached hydrogens (tertiary/aromatic N) is 6. The quantitative estimate of drug-likeness (QED) is 0.370. The largest absolute Gasteiger partial charge is 0.443 e. The molecule has 0 spiro atoms. The molecule has 0 saturated heterocycles. The number of nitrogens with one attached hydrogen (secondary N) is 1. The van der Waals surface area contributed by atoms with E-state index in [1.54, 1.807) is 12.1 Å². The van der Waals surface area contributed by atoms with E-state index in [-0.39, 0.29) is 5.91 Å². The Morgan fingerprint density at radius 2 is 2.03 bits per heavy atom. The van der Waals surface area contributed by atoms with Gasteiger partial charge in [0.15, 0.2) is 11.0 Å². The van der Waals surface area contributed by atoms with Gasteiger partial charge in [-0.2, -0.15) is 4.98 Å². The molecule has 3 heterocycles. The molecule has 0 atom stereocenters. The van der Waals surface area contributed by atoms with Crippen molar-refractivity contribution in [3.05, 3.63) is 53.0 Å². The van der Waals surface area contributed by atoms with Crippen molar-refractivity contribution >= 4 is 34.6 Å². The molecule has 9 nitrogen and oxygen atoms in total. The summed E-state index contributed by atoms with van der Waals surface area (Å²) in [4.78, 5) is 21.9. The molecule has 0 radical (unpaired) electrons. The van der Waals surface area contributed by atoms with Crippen LogP contribution in [0, 0.1) is 13.8 Å². The summed E-state index contributed by atoms with van der Waals surface area (Å²) in [6.45, 7) is 3.80. The van der Waals surface area contributed by atoms with E-state index >= 15 is 0 Å². The lowest BCUT2D eigenvalue weighted by Gasteiger charge is -2.08. The molecule has 1 N–H and O–H groups in total. The van der Waals surface area contributed by atoms with Crippen LogP contribution in [0.1, 0.15) is 46.4 Å². The van der Waals surface area contributed by atoms with E-state index in [0.29, 0.717) is 39.4 Å². The molecular formula is C20H19N7O2S. The Morgan fingerprint density at radius 1 is 1.23 bits per heavy atom. The van der Waals surface area contributed by atoms with Gasteiger partial charge in [-0.1, -0.05) is 30.0 Å². The van der Waals surface area contributed by atoms with Crippen LogP contribution in [0.25, 0.3) is 11.1 Å². The molecule has 1 aromatic carbocycles. The van der Waals surface area contributed by atoms with Crippen molar-refractivity contribution in [1.29, 1.82) is 0 Å². The fourth-order valence-corrected chi connectivity index (χ4v) is 3.94. The molecule has 1 amide bonds. The summed E-state index contributed by atoms with van der Waals surface area (Å²) in [6.07, 6.45) is 2.21. The maximum absolute atomic E-state index is 12.7. The Bertz CT molecular complexity index is 1230. The third-order valence-corrected chi connectivity index (χ3v) is 5.90. The summed E-state index contributed by atoms with van der Waals surface area (Å²) in [7, 11) is 0. The van der Waals surface area contributed by atoms with Crippen LogP contribution >= 0.6 is 11.8 Å². The first-order chi connectivity index (χ1) is 14.6. The Hall–Kier alpha value is -3.27. The average molecular weight is 421 g/mol. The van der Waals surface area contributed by atoms with Gasteiger partial charge in [0.05, 0.1) is 17.2 Å². The van der Waals surface area contributed by atoms with Crippen molar-refractivity contribution in [3.8, 4) is 0 Å². The molecule has 1 saturated carbocycles. The van der Waals surface area contributed by atoms with Gasteiger partial charge in [0.25, 0.3) is 5.91 Å². The first-order valence-electron chi connectivity index (χ1n) is 9.64. The van der Waals surface area contributed by atoms with E-state index in [2.05, 4.69) is 30.8 Å². The van der Waals surface area contributed by atoms with Crippen LogP contribution in [0.5, 0.6) is 0 Å². The normalized spacial score (nSPS) is 13.7. The second-order valence-corrected chi connectivity index (χ2v) is 8.14. The molecule has 5 rings (SSSR count). The highest BCUT2D eigenvalue weighted by atomic mass is 32.2. The number of fused-ring (bicyclic) bond motifs is 1. The molecule has 1 aliphatic rings. The number of furan rings is 1. The van der Waals surface area contributed by atoms with Crippen molar-refractivity contribution in [2.24, 2.45) is 0 Å². The van der Waals surface area contributed by atoms with Gasteiger partial charge >= 0.3 is 0 Å². The van der Waals surface area contributed by atoms with Gasteiger partial charge in [0, 0.05) is 11.1 Å². The first-order valence-corrected chi connectivity index (χ1v) is 10.6. The lowest BCUT2D eigenvalue weighted by molar-refractivity contribution is 0.102. The summed E-state index contributed by atoms with van der Waals surface area (Å²) in [5.74, 6) is 2.26. The van der Waals surface area contributed by atoms with Crippen molar-refractivity contribution < 1.29 is 9.21 Å². The highest BCUT2D eigenvalue weighted by Gasteiger charge is 2.28. The molecule has 152 valence electrons. The number of aromatic nitrogens is 6. The summed E-state index contributed by atoms with van der Waals surface area (Å²) in [5, 5.41) is 16.1. The van der Waals surface area contributed by atoms with E-state index < -0.39 is 0 Å². The Kier molecular flexibility index (Phi) is 4.70. The van der Waals surface area contributed by atoms with Gasteiger partial charge in [-0.15, -0.1) is 5.10 Å². The summed E-state index contributed by atoms with van der Waals surface area (Å²) in [6, 6.07) is 9.43. The van der Waals surface area contributed by atoms with Gasteiger partial charge in [-0.3, -0.25) is 4.79 Å². The number of aryl methyl sites for hydroxylation is 2. The molecule has 0 aliphatic heterocycles. The lowest BCUT2D eigenvalue weighted by atomic mass is 10.2. The average Bonchev–Trinajstić information content (AvgIpc) is 3.42. The number of amides is 1. The summed E-state index contributed by atoms with van der Waals surface area (Å²) < 4.78 is 7.68. The van der Waals surface area contributed by atoms with Crippen LogP contribution in [-0.2, 0) is 5.75 Å². The number of benzene rings is 1. The zero-order valence-corrected chi connectivity index (χ0v) is 17.3. The van der Waals surface area contributed by atoms with Crippen LogP contribution < -0.4 is 5.32 Å². The minimum atomic E-state index is -0.234. The number of carbonyl (C=O) groups is 1. The number of anilines is 1. The molecule has 4 aromatic rings. The van der Waals surface area contributed by atoms with Crippen LogP contribution in [-0.4, -0.2) is 36.1 Å². The SMILES string of the molecule is Cc1oc2nc(SCc3nnnn3C3CC3)nc(NC(=O)c3ccccc3)c2c1C. The fourth-order valence-electron chi connectivity index (χ4n) is 3.19. The Balaban J connectivity index is 1.45. The van der Waals surface area contributed by atoms with E-state index in [4.69, 9.17) is 4.42 Å². The third-order valence-electron chi connectivity index (χ3n) is 5.06. The van der Waals surface area contributed by atoms with Gasteiger partial charge < -0.3 is 9.73 Å². The van der Waals surface area contributed by atoms with Gasteiger partial charge in [-0.05, 0) is 49.2 Å². The van der Waals surface area contributed by atoms with Crippen molar-refractivity contribution in [2.75, 3.05) is 5.32 Å². The molecule has 3 aromatic heterocycles. The monoisotopic (exact) mass is 421 g/mol. The van der Waals surface area contributed by atoms with E-state index in [1.807, 2.05) is 36.7 Å². The third kappa shape index (κ3) is 3.54. The maximum atomic E-state index is 12.7. The highest BCUT2D eigenvalue weighted by molar-refractivity contribution is 7.98. The predicted octanol–water partition coefficient (Wildman–Crippen LogP) is 3.71. The van der Waals surface area contributed by atoms with Gasteiger partial charge in [0.1, 0.15) is 11.6 Å². The number of hydrogen-bond acceptors (Lipinski definition) is 8. The molecule has 1 fully saturated rings. The molecule has 30 heavy (non-hydrogen) atoms. The maximum Gasteiger partial charge on any atom is 0.256 e. The van der Waals surface area contributed by atoms with Crippen LogP contribution in [0.4, 0.5) is 5.82 Å². The lowest BCUT2D eigenvalue weighted by Crippen LogP contribution is -2.13. The topological polar surface area (TPSA) is 112 Å². The second-order valence-electron chi connectivity index (χ2n) is 7.20. The molecule has 0 unspecified atom stereocenters. The Morgan fingerprint density at radius 3 is 2.80 bits per heavy atom. The van der Waals surface area contributed by atoms with Crippen LogP contribution in [0.2, 0.25) is 0 Å². The Labute approximate surface area is 176 Å². The van der Waals surface area contributed by atoms with Crippen molar-refractivity contribution in [2.45, 2.75) is 43.6 Å². The first kappa shape index (κ1) is 18.7. The number of rotatable bonds is 6. The highest BCUT2D eigenvalue weighted by Crippen LogP contribution is 2.36. The standard InChI is InChI=1S/C20H19N7O2S/c1-11-12(2)29-19-16(11)17(21-18(28)13-6-4-3-5-7-13)22-20(23-19)30-10-15-24-25-26-27(15)14-8-9-14/h3-7,14H,8-10H2,1-2H3,(H,21,22,23,28). The number of carbonyl (C=O) groups excluding carboxylic acids is 1. The molecule has 0 bridgehead atoms. The molecule has 1 aliphatic carbocycles. The number of tetrazole rings is 1. The molecular weight excluding hydrogens is 402 g/mol. The van der Waals surface area contributed by atoms with Gasteiger partial charge in [0.2, 0.25) is 5.71 Å². The zero-order valence-electron chi connectivity index (χ0n) is 16.5. The minimum Gasteiger partial charge on any atom is -0.443 e. The number of hydrogen-bond donors (Lipinski definition) is 1. The molecule has 10 heteroatoms. The predicted molar refractivity (Wildman–Crippen MR) is 111 cm³/mol. The number of thioether (sulfide) groups is 1. The van der Waals surface area contributed by atoms with E-state index in [0.717, 1.165) is 30.0 Å². The second kappa shape index (κ2) is 7.52. The van der Waals surface area contributed by atoms with Crippen LogP contribution in [0.3, 0.4) is 0 Å². The smallest absolute Gasteiger partial charge is 0.256 e. The minimum absolute atomic E-state index is 0.234. The van der Waals surface area contributed by atoms with E-state index in [1.165, 1.54) is 11.8 Å². The van der Waals surface area contributed by atoms with Crippen molar-refractivity contribution in [1.82, 2.24) is 30.2 Å². The van der Waals surface area contributed by atoms with Crippen molar-refractivity contribution in [3.63, 3.8) is 0 Å². The fraction of sp³-hybridized carbons (Fsp3) is 0.300. The summed E-state index contributed by atoms with van der Waals surface area (Å²) >= 11 is 1.41. The zero-order chi connectivity index (χ0) is 20.7.